The van der Waals surface area contributed by atoms with E-state index in [-0.39, 0.29) is 0 Å². The molecule has 0 spiro atoms. The summed E-state index contributed by atoms with van der Waals surface area (Å²) in [5.74, 6) is 0. The van der Waals surface area contributed by atoms with Crippen molar-refractivity contribution in [3.05, 3.63) is 40.5 Å². The van der Waals surface area contributed by atoms with Crippen LogP contribution >= 0.6 is 23.1 Å². The molecule has 1 N–H and O–H groups in total. The zero-order chi connectivity index (χ0) is 14.4. The fourth-order valence-electron chi connectivity index (χ4n) is 1.91. The lowest BCUT2D eigenvalue weighted by molar-refractivity contribution is 0.315. The summed E-state index contributed by atoms with van der Waals surface area (Å²) >= 11 is 7.60. The Morgan fingerprint density at radius 3 is 2.85 bits per heavy atom. The molecule has 0 aliphatic rings. The maximum absolute atomic E-state index is 6.19. The zero-order valence-corrected chi connectivity index (χ0v) is 13.3. The molecule has 0 atom stereocenters. The summed E-state index contributed by atoms with van der Waals surface area (Å²) in [7, 11) is 2.06. The lowest BCUT2D eigenvalue weighted by Gasteiger charge is -2.16. The SMILES string of the molecule is CCCNc1snnc1CN(C)Cc1ccccc1Cl. The second-order valence-electron chi connectivity index (χ2n) is 4.74. The van der Waals surface area contributed by atoms with Crippen molar-refractivity contribution in [2.45, 2.75) is 26.4 Å². The molecule has 4 nitrogen and oxygen atoms in total. The summed E-state index contributed by atoms with van der Waals surface area (Å²) in [6.07, 6.45) is 1.09. The van der Waals surface area contributed by atoms with Crippen molar-refractivity contribution >= 4 is 28.1 Å². The van der Waals surface area contributed by atoms with Gasteiger partial charge in [0.2, 0.25) is 0 Å². The monoisotopic (exact) mass is 310 g/mol. The number of halogens is 1. The van der Waals surface area contributed by atoms with Crippen molar-refractivity contribution in [2.24, 2.45) is 0 Å². The minimum Gasteiger partial charge on any atom is -0.374 e. The van der Waals surface area contributed by atoms with E-state index >= 15 is 0 Å². The zero-order valence-electron chi connectivity index (χ0n) is 11.8. The minimum absolute atomic E-state index is 0.758. The Morgan fingerprint density at radius 2 is 2.10 bits per heavy atom. The summed E-state index contributed by atoms with van der Waals surface area (Å²) in [5, 5.41) is 9.44. The van der Waals surface area contributed by atoms with Gasteiger partial charge in [0.25, 0.3) is 0 Å². The predicted octanol–water partition coefficient (Wildman–Crippen LogP) is 3.65. The topological polar surface area (TPSA) is 41.1 Å². The van der Waals surface area contributed by atoms with Gasteiger partial charge < -0.3 is 5.32 Å². The van der Waals surface area contributed by atoms with Gasteiger partial charge in [-0.2, -0.15) is 0 Å². The first-order valence-corrected chi connectivity index (χ1v) is 7.83. The van der Waals surface area contributed by atoms with Crippen molar-refractivity contribution in [1.29, 1.82) is 0 Å². The second-order valence-corrected chi connectivity index (χ2v) is 5.90. The molecule has 0 unspecified atom stereocenters. The second kappa shape index (κ2) is 7.57. The van der Waals surface area contributed by atoms with Crippen LogP contribution in [0.2, 0.25) is 5.02 Å². The van der Waals surface area contributed by atoms with Crippen molar-refractivity contribution in [3.8, 4) is 0 Å². The number of hydrogen-bond acceptors (Lipinski definition) is 5. The summed E-state index contributed by atoms with van der Waals surface area (Å²) in [6, 6.07) is 7.92. The number of aromatic nitrogens is 2. The standard InChI is InChI=1S/C14H19ClN4S/c1-3-8-16-14-13(17-18-20-14)10-19(2)9-11-6-4-5-7-12(11)15/h4-7,16H,3,8-10H2,1-2H3. The summed E-state index contributed by atoms with van der Waals surface area (Å²) in [6.45, 7) is 4.65. The molecule has 0 bridgehead atoms. The summed E-state index contributed by atoms with van der Waals surface area (Å²) in [4.78, 5) is 2.19. The molecule has 1 aromatic heterocycles. The van der Waals surface area contributed by atoms with Crippen molar-refractivity contribution in [3.63, 3.8) is 0 Å². The summed E-state index contributed by atoms with van der Waals surface area (Å²) < 4.78 is 4.03. The number of nitrogens with one attached hydrogen (secondary N) is 1. The third-order valence-corrected chi connectivity index (χ3v) is 4.00. The van der Waals surface area contributed by atoms with E-state index in [0.29, 0.717) is 0 Å². The quantitative estimate of drug-likeness (QED) is 0.847. The summed E-state index contributed by atoms with van der Waals surface area (Å²) in [5.41, 5.74) is 2.13. The van der Waals surface area contributed by atoms with E-state index in [1.54, 1.807) is 0 Å². The smallest absolute Gasteiger partial charge is 0.134 e. The van der Waals surface area contributed by atoms with Crippen LogP contribution in [-0.4, -0.2) is 28.1 Å². The van der Waals surface area contributed by atoms with Gasteiger partial charge in [-0.3, -0.25) is 4.90 Å². The molecule has 0 radical (unpaired) electrons. The number of anilines is 1. The van der Waals surface area contributed by atoms with Gasteiger partial charge in [-0.05, 0) is 25.1 Å². The van der Waals surface area contributed by atoms with Crippen molar-refractivity contribution in [2.75, 3.05) is 18.9 Å². The maximum atomic E-state index is 6.19. The van der Waals surface area contributed by atoms with E-state index < -0.39 is 0 Å². The molecule has 6 heteroatoms. The van der Waals surface area contributed by atoms with Crippen LogP contribution in [-0.2, 0) is 13.1 Å². The molecule has 1 aromatic carbocycles. The van der Waals surface area contributed by atoms with Gasteiger partial charge in [0.15, 0.2) is 0 Å². The van der Waals surface area contributed by atoms with E-state index in [0.717, 1.165) is 47.3 Å². The molecule has 20 heavy (non-hydrogen) atoms. The molecule has 0 amide bonds. The Kier molecular flexibility index (Phi) is 5.76. The van der Waals surface area contributed by atoms with E-state index in [4.69, 9.17) is 11.6 Å². The molecule has 0 saturated carbocycles. The lowest BCUT2D eigenvalue weighted by Crippen LogP contribution is -2.18. The Labute approximate surface area is 128 Å². The minimum atomic E-state index is 0.758. The van der Waals surface area contributed by atoms with Crippen LogP contribution < -0.4 is 5.32 Å². The molecule has 0 aliphatic heterocycles. The van der Waals surface area contributed by atoms with Crippen LogP contribution in [0, 0.1) is 0 Å². The molecule has 2 rings (SSSR count). The number of hydrogen-bond donors (Lipinski definition) is 1. The molecule has 2 aromatic rings. The fourth-order valence-corrected chi connectivity index (χ4v) is 2.71. The molecule has 1 heterocycles. The van der Waals surface area contributed by atoms with Crippen LogP contribution in [0.25, 0.3) is 0 Å². The lowest BCUT2D eigenvalue weighted by atomic mass is 10.2. The largest absolute Gasteiger partial charge is 0.374 e. The Hall–Kier alpha value is -1.17. The van der Waals surface area contributed by atoms with Crippen LogP contribution in [0.15, 0.2) is 24.3 Å². The third kappa shape index (κ3) is 4.16. The maximum Gasteiger partial charge on any atom is 0.134 e. The highest BCUT2D eigenvalue weighted by Crippen LogP contribution is 2.21. The molecule has 0 saturated heterocycles. The van der Waals surface area contributed by atoms with Crippen molar-refractivity contribution < 1.29 is 0 Å². The Bertz CT molecular complexity index is 543. The van der Waals surface area contributed by atoms with Crippen molar-refractivity contribution in [1.82, 2.24) is 14.5 Å². The highest BCUT2D eigenvalue weighted by molar-refractivity contribution is 7.10. The van der Waals surface area contributed by atoms with E-state index in [9.17, 15) is 0 Å². The Balaban J connectivity index is 1.96. The highest BCUT2D eigenvalue weighted by atomic mass is 35.5. The van der Waals surface area contributed by atoms with Gasteiger partial charge in [0, 0.05) is 36.2 Å². The van der Waals surface area contributed by atoms with Gasteiger partial charge in [0.05, 0.1) is 0 Å². The first-order valence-electron chi connectivity index (χ1n) is 6.67. The fraction of sp³-hybridized carbons (Fsp3) is 0.429. The predicted molar refractivity (Wildman–Crippen MR) is 85.3 cm³/mol. The van der Waals surface area contributed by atoms with Crippen LogP contribution in [0.1, 0.15) is 24.6 Å². The van der Waals surface area contributed by atoms with Crippen LogP contribution in [0.5, 0.6) is 0 Å². The highest BCUT2D eigenvalue weighted by Gasteiger charge is 2.11. The van der Waals surface area contributed by atoms with Crippen LogP contribution in [0.4, 0.5) is 5.00 Å². The number of rotatable bonds is 7. The molecular weight excluding hydrogens is 292 g/mol. The third-order valence-electron chi connectivity index (χ3n) is 2.91. The van der Waals surface area contributed by atoms with Gasteiger partial charge >= 0.3 is 0 Å². The van der Waals surface area contributed by atoms with Gasteiger partial charge in [-0.25, -0.2) is 0 Å². The number of benzene rings is 1. The van der Waals surface area contributed by atoms with E-state index in [1.807, 2.05) is 24.3 Å². The van der Waals surface area contributed by atoms with Gasteiger partial charge in [-0.15, -0.1) is 5.10 Å². The molecular formula is C14H19ClN4S. The number of nitrogens with zero attached hydrogens (tertiary/aromatic N) is 3. The van der Waals surface area contributed by atoms with Gasteiger partial charge in [0.1, 0.15) is 10.7 Å². The Morgan fingerprint density at radius 1 is 1.30 bits per heavy atom. The average Bonchev–Trinajstić information content (AvgIpc) is 2.86. The van der Waals surface area contributed by atoms with Crippen LogP contribution in [0.3, 0.4) is 0 Å². The molecule has 0 fully saturated rings. The molecule has 108 valence electrons. The first kappa shape index (κ1) is 15.2. The van der Waals surface area contributed by atoms with E-state index in [2.05, 4.69) is 33.8 Å². The molecule has 0 aliphatic carbocycles. The average molecular weight is 311 g/mol. The van der Waals surface area contributed by atoms with E-state index in [1.165, 1.54) is 11.5 Å². The first-order chi connectivity index (χ1) is 9.70. The van der Waals surface area contributed by atoms with Gasteiger partial charge in [-0.1, -0.05) is 41.2 Å². The normalized spacial score (nSPS) is 11.0.